The fourth-order valence-corrected chi connectivity index (χ4v) is 2.54. The van der Waals surface area contributed by atoms with Crippen LogP contribution in [0.5, 0.6) is 5.75 Å². The average molecular weight is 292 g/mol. The zero-order valence-electron chi connectivity index (χ0n) is 12.8. The molecule has 1 unspecified atom stereocenters. The minimum absolute atomic E-state index is 0.0685. The Balaban J connectivity index is 1.71. The van der Waals surface area contributed by atoms with Crippen LogP contribution < -0.4 is 10.1 Å². The topological polar surface area (TPSA) is 50.8 Å². The van der Waals surface area contributed by atoms with E-state index >= 15 is 0 Å². The molecule has 5 nitrogen and oxygen atoms in total. The first-order valence-electron chi connectivity index (χ1n) is 7.41. The molecular weight excluding hydrogens is 268 g/mol. The average Bonchev–Trinajstić information content (AvgIpc) is 2.47. The fourth-order valence-electron chi connectivity index (χ4n) is 2.54. The first kappa shape index (κ1) is 15.8. The largest absolute Gasteiger partial charge is 0.496 e. The molecule has 1 aromatic rings. The van der Waals surface area contributed by atoms with Crippen molar-refractivity contribution in [2.24, 2.45) is 0 Å². The van der Waals surface area contributed by atoms with Gasteiger partial charge in [0.05, 0.1) is 26.4 Å². The van der Waals surface area contributed by atoms with E-state index in [9.17, 15) is 4.79 Å². The van der Waals surface area contributed by atoms with Crippen LogP contribution in [-0.4, -0.2) is 56.8 Å². The summed E-state index contributed by atoms with van der Waals surface area (Å²) in [6.45, 7) is 5.45. The van der Waals surface area contributed by atoms with E-state index in [-0.39, 0.29) is 12.0 Å². The van der Waals surface area contributed by atoms with Gasteiger partial charge < -0.3 is 14.8 Å². The Labute approximate surface area is 126 Å². The van der Waals surface area contributed by atoms with E-state index in [1.807, 2.05) is 31.2 Å². The van der Waals surface area contributed by atoms with Gasteiger partial charge in [0.15, 0.2) is 0 Å². The molecule has 2 rings (SSSR count). The van der Waals surface area contributed by atoms with Gasteiger partial charge in [-0.15, -0.1) is 0 Å². The number of nitrogens with zero attached hydrogens (tertiary/aromatic N) is 1. The Hall–Kier alpha value is -1.59. The van der Waals surface area contributed by atoms with E-state index in [1.54, 1.807) is 7.11 Å². The van der Waals surface area contributed by atoms with Crippen LogP contribution in [0.3, 0.4) is 0 Å². The van der Waals surface area contributed by atoms with Crippen molar-refractivity contribution in [2.75, 3.05) is 39.9 Å². The number of hydrogen-bond acceptors (Lipinski definition) is 4. The number of hydrogen-bond donors (Lipinski definition) is 1. The minimum atomic E-state index is 0.0685. The van der Waals surface area contributed by atoms with Crippen LogP contribution in [0.2, 0.25) is 0 Å². The maximum atomic E-state index is 11.9. The van der Waals surface area contributed by atoms with Gasteiger partial charge in [-0.25, -0.2) is 0 Å². The van der Waals surface area contributed by atoms with Gasteiger partial charge >= 0.3 is 0 Å². The van der Waals surface area contributed by atoms with Gasteiger partial charge in [0.1, 0.15) is 5.75 Å². The third kappa shape index (κ3) is 5.02. The quantitative estimate of drug-likeness (QED) is 0.852. The van der Waals surface area contributed by atoms with E-state index in [2.05, 4.69) is 10.2 Å². The standard InChI is InChI=1S/C16H24N2O3/c1-13-11-18(9-10-21-13)12-16(19)17-8-7-14-5-3-4-6-15(14)20-2/h3-6,13H,7-12H2,1-2H3,(H,17,19). The molecule has 5 heteroatoms. The van der Waals surface area contributed by atoms with Crippen LogP contribution in [0.1, 0.15) is 12.5 Å². The van der Waals surface area contributed by atoms with Gasteiger partial charge in [-0.05, 0) is 25.0 Å². The van der Waals surface area contributed by atoms with E-state index in [0.717, 1.165) is 30.8 Å². The maximum absolute atomic E-state index is 11.9. The summed E-state index contributed by atoms with van der Waals surface area (Å²) in [5.74, 6) is 0.938. The van der Waals surface area contributed by atoms with Crippen molar-refractivity contribution in [3.05, 3.63) is 29.8 Å². The molecule has 1 aromatic carbocycles. The third-order valence-electron chi connectivity index (χ3n) is 3.60. The summed E-state index contributed by atoms with van der Waals surface area (Å²) >= 11 is 0. The molecule has 21 heavy (non-hydrogen) atoms. The van der Waals surface area contributed by atoms with E-state index in [4.69, 9.17) is 9.47 Å². The lowest BCUT2D eigenvalue weighted by Crippen LogP contribution is -2.46. The SMILES string of the molecule is COc1ccccc1CCNC(=O)CN1CCOC(C)C1. The third-order valence-corrected chi connectivity index (χ3v) is 3.60. The molecule has 1 aliphatic heterocycles. The fraction of sp³-hybridized carbons (Fsp3) is 0.562. The molecule has 1 aliphatic rings. The molecule has 0 aromatic heterocycles. The molecule has 0 aliphatic carbocycles. The minimum Gasteiger partial charge on any atom is -0.496 e. The molecule has 1 heterocycles. The van der Waals surface area contributed by atoms with Crippen molar-refractivity contribution >= 4 is 5.91 Å². The highest BCUT2D eigenvalue weighted by molar-refractivity contribution is 5.78. The summed E-state index contributed by atoms with van der Waals surface area (Å²) in [5, 5.41) is 2.97. The second-order valence-electron chi connectivity index (χ2n) is 5.33. The number of rotatable bonds is 6. The lowest BCUT2D eigenvalue weighted by molar-refractivity contribution is -0.124. The van der Waals surface area contributed by atoms with Crippen molar-refractivity contribution in [3.8, 4) is 5.75 Å². The van der Waals surface area contributed by atoms with Crippen molar-refractivity contribution in [3.63, 3.8) is 0 Å². The summed E-state index contributed by atoms with van der Waals surface area (Å²) in [6.07, 6.45) is 0.982. The zero-order valence-corrected chi connectivity index (χ0v) is 12.8. The first-order chi connectivity index (χ1) is 10.2. The van der Waals surface area contributed by atoms with Crippen LogP contribution in [-0.2, 0) is 16.0 Å². The van der Waals surface area contributed by atoms with Gasteiger partial charge in [0.25, 0.3) is 0 Å². The molecule has 1 fully saturated rings. The Kier molecular flexibility index (Phi) is 6.02. The molecule has 1 N–H and O–H groups in total. The van der Waals surface area contributed by atoms with Gasteiger partial charge in [0.2, 0.25) is 5.91 Å². The van der Waals surface area contributed by atoms with E-state index in [1.165, 1.54) is 0 Å². The monoisotopic (exact) mass is 292 g/mol. The Bertz CT molecular complexity index is 465. The van der Waals surface area contributed by atoms with Crippen LogP contribution in [0.4, 0.5) is 0 Å². The smallest absolute Gasteiger partial charge is 0.234 e. The van der Waals surface area contributed by atoms with Crippen LogP contribution in [0.15, 0.2) is 24.3 Å². The van der Waals surface area contributed by atoms with E-state index in [0.29, 0.717) is 19.7 Å². The van der Waals surface area contributed by atoms with Crippen molar-refractivity contribution in [1.29, 1.82) is 0 Å². The van der Waals surface area contributed by atoms with Gasteiger partial charge in [-0.2, -0.15) is 0 Å². The summed E-state index contributed by atoms with van der Waals surface area (Å²) in [4.78, 5) is 14.1. The second kappa shape index (κ2) is 8.00. The zero-order chi connectivity index (χ0) is 15.1. The first-order valence-corrected chi connectivity index (χ1v) is 7.41. The van der Waals surface area contributed by atoms with Gasteiger partial charge in [-0.3, -0.25) is 9.69 Å². The highest BCUT2D eigenvalue weighted by Gasteiger charge is 2.18. The molecule has 116 valence electrons. The summed E-state index contributed by atoms with van der Waals surface area (Å²) < 4.78 is 10.8. The maximum Gasteiger partial charge on any atom is 0.234 e. The lowest BCUT2D eigenvalue weighted by Gasteiger charge is -2.30. The number of para-hydroxylation sites is 1. The number of benzene rings is 1. The highest BCUT2D eigenvalue weighted by Crippen LogP contribution is 2.17. The number of amides is 1. The summed E-state index contributed by atoms with van der Waals surface area (Å²) in [7, 11) is 1.66. The van der Waals surface area contributed by atoms with Crippen LogP contribution in [0.25, 0.3) is 0 Å². The summed E-state index contributed by atoms with van der Waals surface area (Å²) in [6, 6.07) is 7.89. The number of nitrogens with one attached hydrogen (secondary N) is 1. The number of carbonyl (C=O) groups is 1. The number of carbonyl (C=O) groups excluding carboxylic acids is 1. The normalized spacial score (nSPS) is 19.2. The molecule has 0 saturated carbocycles. The second-order valence-corrected chi connectivity index (χ2v) is 5.33. The molecule has 1 amide bonds. The Morgan fingerprint density at radius 3 is 3.05 bits per heavy atom. The van der Waals surface area contributed by atoms with Gasteiger partial charge in [0, 0.05) is 19.6 Å². The molecule has 0 spiro atoms. The number of morpholine rings is 1. The number of methoxy groups -OCH3 is 1. The molecular formula is C16H24N2O3. The van der Waals surface area contributed by atoms with Crippen LogP contribution in [0, 0.1) is 0 Å². The molecule has 1 saturated heterocycles. The van der Waals surface area contributed by atoms with Crippen molar-refractivity contribution < 1.29 is 14.3 Å². The van der Waals surface area contributed by atoms with Crippen molar-refractivity contribution in [1.82, 2.24) is 10.2 Å². The molecule has 0 bridgehead atoms. The predicted octanol–water partition coefficient (Wildman–Crippen LogP) is 1.07. The van der Waals surface area contributed by atoms with E-state index < -0.39 is 0 Å². The van der Waals surface area contributed by atoms with Crippen LogP contribution >= 0.6 is 0 Å². The van der Waals surface area contributed by atoms with Crippen molar-refractivity contribution in [2.45, 2.75) is 19.4 Å². The van der Waals surface area contributed by atoms with Gasteiger partial charge in [-0.1, -0.05) is 18.2 Å². The number of ether oxygens (including phenoxy) is 2. The Morgan fingerprint density at radius 1 is 1.48 bits per heavy atom. The highest BCUT2D eigenvalue weighted by atomic mass is 16.5. The molecule has 0 radical (unpaired) electrons. The lowest BCUT2D eigenvalue weighted by atomic mass is 10.1. The summed E-state index contributed by atoms with van der Waals surface area (Å²) in [5.41, 5.74) is 1.11. The molecule has 1 atom stereocenters. The Morgan fingerprint density at radius 2 is 2.29 bits per heavy atom. The predicted molar refractivity (Wildman–Crippen MR) is 81.6 cm³/mol.